The molecule has 0 aliphatic heterocycles. The van der Waals surface area contributed by atoms with Crippen molar-refractivity contribution in [2.24, 2.45) is 0 Å². The minimum Gasteiger partial charge on any atom is -0.493 e. The Morgan fingerprint density at radius 2 is 1.53 bits per heavy atom. The first-order chi connectivity index (χ1) is 17.4. The van der Waals surface area contributed by atoms with Gasteiger partial charge in [0.15, 0.2) is 11.5 Å². The van der Waals surface area contributed by atoms with Gasteiger partial charge in [0.05, 0.1) is 19.7 Å². The summed E-state index contributed by atoms with van der Waals surface area (Å²) in [4.78, 5) is 26.5. The molecule has 0 fully saturated rings. The van der Waals surface area contributed by atoms with Gasteiger partial charge in [0, 0.05) is 34.9 Å². The standard InChI is InChI=1S/C29H31N3O4/c1-5-20-8-12-23(13-9-20)30-17-22-14-21-15-26(35-3)27(36-4)16-25(21)32(29(22)34)18-28(33)31-24-10-6-19(2)7-11-24/h6-16,30H,5,17-18H2,1-4H3,(H,31,33). The summed E-state index contributed by atoms with van der Waals surface area (Å²) in [6, 6.07) is 21.0. The molecular formula is C29H31N3O4. The summed E-state index contributed by atoms with van der Waals surface area (Å²) in [5, 5.41) is 6.98. The van der Waals surface area contributed by atoms with E-state index in [0.717, 1.165) is 23.1 Å². The fourth-order valence-corrected chi connectivity index (χ4v) is 4.09. The summed E-state index contributed by atoms with van der Waals surface area (Å²) in [5.41, 5.74) is 4.82. The number of benzene rings is 3. The highest BCUT2D eigenvalue weighted by atomic mass is 16.5. The van der Waals surface area contributed by atoms with Crippen molar-refractivity contribution in [1.82, 2.24) is 4.57 Å². The maximum Gasteiger partial charge on any atom is 0.256 e. The van der Waals surface area contributed by atoms with Crippen LogP contribution in [0.15, 0.2) is 71.5 Å². The molecule has 7 heteroatoms. The third-order valence-electron chi connectivity index (χ3n) is 6.16. The second-order valence-electron chi connectivity index (χ2n) is 8.65. The number of carbonyl (C=O) groups is 1. The van der Waals surface area contributed by atoms with Gasteiger partial charge in [-0.2, -0.15) is 0 Å². The van der Waals surface area contributed by atoms with Crippen molar-refractivity contribution in [2.45, 2.75) is 33.4 Å². The Labute approximate surface area is 210 Å². The largest absolute Gasteiger partial charge is 0.493 e. The number of fused-ring (bicyclic) bond motifs is 1. The maximum atomic E-state index is 13.6. The van der Waals surface area contributed by atoms with Crippen molar-refractivity contribution in [2.75, 3.05) is 24.9 Å². The number of ether oxygens (including phenoxy) is 2. The summed E-state index contributed by atoms with van der Waals surface area (Å²) in [6.07, 6.45) is 0.964. The molecule has 0 aliphatic carbocycles. The smallest absolute Gasteiger partial charge is 0.256 e. The van der Waals surface area contributed by atoms with Crippen molar-refractivity contribution in [3.63, 3.8) is 0 Å². The van der Waals surface area contributed by atoms with Crippen LogP contribution in [0, 0.1) is 6.92 Å². The van der Waals surface area contributed by atoms with Crippen LogP contribution in [-0.2, 0) is 24.3 Å². The fourth-order valence-electron chi connectivity index (χ4n) is 4.09. The Morgan fingerprint density at radius 3 is 2.17 bits per heavy atom. The van der Waals surface area contributed by atoms with Gasteiger partial charge < -0.3 is 20.1 Å². The topological polar surface area (TPSA) is 81.6 Å². The summed E-state index contributed by atoms with van der Waals surface area (Å²) < 4.78 is 12.4. The van der Waals surface area contributed by atoms with Crippen molar-refractivity contribution < 1.29 is 14.3 Å². The van der Waals surface area contributed by atoms with Gasteiger partial charge in [-0.3, -0.25) is 14.2 Å². The highest BCUT2D eigenvalue weighted by molar-refractivity contribution is 5.92. The number of aromatic nitrogens is 1. The summed E-state index contributed by atoms with van der Waals surface area (Å²) in [7, 11) is 3.11. The fraction of sp³-hybridized carbons (Fsp3) is 0.241. The lowest BCUT2D eigenvalue weighted by atomic mass is 10.1. The molecule has 0 unspecified atom stereocenters. The van der Waals surface area contributed by atoms with Crippen LogP contribution in [0.3, 0.4) is 0 Å². The lowest BCUT2D eigenvalue weighted by Gasteiger charge is -2.16. The van der Waals surface area contributed by atoms with Gasteiger partial charge in [-0.1, -0.05) is 36.8 Å². The van der Waals surface area contributed by atoms with E-state index in [2.05, 4.69) is 29.7 Å². The molecular weight excluding hydrogens is 454 g/mol. The van der Waals surface area contributed by atoms with Gasteiger partial charge in [0.25, 0.3) is 5.56 Å². The predicted molar refractivity (Wildman–Crippen MR) is 144 cm³/mol. The number of amides is 1. The third-order valence-corrected chi connectivity index (χ3v) is 6.16. The molecule has 0 saturated carbocycles. The molecule has 0 spiro atoms. The van der Waals surface area contributed by atoms with Gasteiger partial charge in [-0.05, 0) is 55.3 Å². The quantitative estimate of drug-likeness (QED) is 0.343. The van der Waals surface area contributed by atoms with Crippen molar-refractivity contribution >= 4 is 28.2 Å². The summed E-state index contributed by atoms with van der Waals surface area (Å²) in [6.45, 7) is 4.26. The number of hydrogen-bond donors (Lipinski definition) is 2. The molecule has 36 heavy (non-hydrogen) atoms. The molecule has 186 valence electrons. The minimum atomic E-state index is -0.294. The monoisotopic (exact) mass is 485 g/mol. The third kappa shape index (κ3) is 5.51. The first-order valence-corrected chi connectivity index (χ1v) is 11.9. The highest BCUT2D eigenvalue weighted by Crippen LogP contribution is 2.32. The number of pyridine rings is 1. The van der Waals surface area contributed by atoms with Crippen LogP contribution in [0.1, 0.15) is 23.6 Å². The first kappa shape index (κ1) is 24.9. The molecule has 0 atom stereocenters. The van der Waals surface area contributed by atoms with Gasteiger partial charge in [-0.25, -0.2) is 0 Å². The number of hydrogen-bond acceptors (Lipinski definition) is 5. The zero-order valence-corrected chi connectivity index (χ0v) is 21.1. The zero-order chi connectivity index (χ0) is 25.7. The number of nitrogens with one attached hydrogen (secondary N) is 2. The zero-order valence-electron chi connectivity index (χ0n) is 21.1. The van der Waals surface area contributed by atoms with E-state index in [1.807, 2.05) is 55.5 Å². The van der Waals surface area contributed by atoms with Crippen molar-refractivity contribution in [1.29, 1.82) is 0 Å². The molecule has 2 N–H and O–H groups in total. The van der Waals surface area contributed by atoms with Crippen LogP contribution < -0.4 is 25.7 Å². The van der Waals surface area contributed by atoms with Gasteiger partial charge >= 0.3 is 0 Å². The maximum absolute atomic E-state index is 13.6. The SMILES string of the molecule is CCc1ccc(NCc2cc3cc(OC)c(OC)cc3n(CC(=O)Nc3ccc(C)cc3)c2=O)cc1. The van der Waals surface area contributed by atoms with E-state index < -0.39 is 0 Å². The van der Waals surface area contributed by atoms with Gasteiger partial charge in [-0.15, -0.1) is 0 Å². The minimum absolute atomic E-state index is 0.141. The molecule has 0 saturated heterocycles. The van der Waals surface area contributed by atoms with E-state index in [1.54, 1.807) is 20.3 Å². The van der Waals surface area contributed by atoms with E-state index >= 15 is 0 Å². The molecule has 7 nitrogen and oxygen atoms in total. The molecule has 4 rings (SSSR count). The first-order valence-electron chi connectivity index (χ1n) is 11.9. The number of aryl methyl sites for hydroxylation is 2. The van der Waals surface area contributed by atoms with Crippen molar-refractivity contribution in [3.8, 4) is 11.5 Å². The summed E-state index contributed by atoms with van der Waals surface area (Å²) >= 11 is 0. The lowest BCUT2D eigenvalue weighted by Crippen LogP contribution is -2.30. The second-order valence-corrected chi connectivity index (χ2v) is 8.65. The Balaban J connectivity index is 1.70. The summed E-state index contributed by atoms with van der Waals surface area (Å²) in [5.74, 6) is 0.740. The normalized spacial score (nSPS) is 10.8. The molecule has 0 aliphatic rings. The van der Waals surface area contributed by atoms with E-state index in [4.69, 9.17) is 9.47 Å². The highest BCUT2D eigenvalue weighted by Gasteiger charge is 2.16. The molecule has 4 aromatic rings. The van der Waals surface area contributed by atoms with Crippen LogP contribution in [0.25, 0.3) is 10.9 Å². The van der Waals surface area contributed by atoms with Crippen molar-refractivity contribution in [3.05, 3.63) is 93.8 Å². The number of anilines is 2. The molecule has 0 bridgehead atoms. The van der Waals surface area contributed by atoms with Crippen LogP contribution >= 0.6 is 0 Å². The number of nitrogens with zero attached hydrogens (tertiary/aromatic N) is 1. The van der Waals surface area contributed by atoms with E-state index in [-0.39, 0.29) is 18.0 Å². The average molecular weight is 486 g/mol. The van der Waals surface area contributed by atoms with E-state index in [0.29, 0.717) is 34.8 Å². The van der Waals surface area contributed by atoms with E-state index in [1.165, 1.54) is 10.1 Å². The Hall–Kier alpha value is -4.26. The predicted octanol–water partition coefficient (Wildman–Crippen LogP) is 5.14. The Morgan fingerprint density at radius 1 is 0.889 bits per heavy atom. The van der Waals surface area contributed by atoms with Crippen LogP contribution in [-0.4, -0.2) is 24.7 Å². The lowest BCUT2D eigenvalue weighted by molar-refractivity contribution is -0.116. The Kier molecular flexibility index (Phi) is 7.59. The number of methoxy groups -OCH3 is 2. The van der Waals surface area contributed by atoms with E-state index in [9.17, 15) is 9.59 Å². The van der Waals surface area contributed by atoms with Crippen LogP contribution in [0.2, 0.25) is 0 Å². The molecule has 0 radical (unpaired) electrons. The molecule has 1 heterocycles. The second kappa shape index (κ2) is 11.0. The Bertz CT molecular complexity index is 1420. The molecule has 3 aromatic carbocycles. The van der Waals surface area contributed by atoms with Crippen LogP contribution in [0.4, 0.5) is 11.4 Å². The number of rotatable bonds is 9. The van der Waals surface area contributed by atoms with Gasteiger partial charge in [0.1, 0.15) is 6.54 Å². The number of carbonyl (C=O) groups excluding carboxylic acids is 1. The average Bonchev–Trinajstić information content (AvgIpc) is 2.90. The molecule has 1 aromatic heterocycles. The van der Waals surface area contributed by atoms with Gasteiger partial charge in [0.2, 0.25) is 5.91 Å². The molecule has 1 amide bonds. The van der Waals surface area contributed by atoms with Crippen LogP contribution in [0.5, 0.6) is 11.5 Å².